The van der Waals surface area contributed by atoms with Gasteiger partial charge in [-0.2, -0.15) is 0 Å². The SMILES string of the molecule is CO[Si](OC)(OC)c1ccccc1.Cl. The van der Waals surface area contributed by atoms with E-state index in [-0.39, 0.29) is 12.4 Å². The highest BCUT2D eigenvalue weighted by Crippen LogP contribution is 2.05. The van der Waals surface area contributed by atoms with E-state index in [1.165, 1.54) is 0 Å². The lowest BCUT2D eigenvalue weighted by molar-refractivity contribution is 0.140. The molecule has 0 spiro atoms. The topological polar surface area (TPSA) is 27.7 Å². The Morgan fingerprint density at radius 3 is 1.64 bits per heavy atom. The van der Waals surface area contributed by atoms with E-state index in [0.717, 1.165) is 5.19 Å². The van der Waals surface area contributed by atoms with E-state index in [2.05, 4.69) is 0 Å². The maximum absolute atomic E-state index is 5.32. The van der Waals surface area contributed by atoms with Gasteiger partial charge in [-0.05, 0) is 0 Å². The third-order valence-corrected chi connectivity index (χ3v) is 4.59. The normalized spacial score (nSPS) is 10.8. The van der Waals surface area contributed by atoms with Gasteiger partial charge >= 0.3 is 8.80 Å². The summed E-state index contributed by atoms with van der Waals surface area (Å²) in [6, 6.07) is 9.72. The monoisotopic (exact) mass is 234 g/mol. The Labute approximate surface area is 91.8 Å². The van der Waals surface area contributed by atoms with Crippen molar-refractivity contribution >= 4 is 26.4 Å². The van der Waals surface area contributed by atoms with E-state index in [4.69, 9.17) is 13.3 Å². The second-order valence-electron chi connectivity index (χ2n) is 2.53. The summed E-state index contributed by atoms with van der Waals surface area (Å²) in [7, 11) is 2.22. The summed E-state index contributed by atoms with van der Waals surface area (Å²) in [5.41, 5.74) is 0. The second-order valence-corrected chi connectivity index (χ2v) is 5.45. The molecule has 5 heteroatoms. The lowest BCUT2D eigenvalue weighted by Crippen LogP contribution is -2.54. The Hall–Kier alpha value is -0.393. The van der Waals surface area contributed by atoms with E-state index in [9.17, 15) is 0 Å². The Balaban J connectivity index is 0.00000169. The molecule has 0 saturated carbocycles. The predicted molar refractivity (Wildman–Crippen MR) is 60.1 cm³/mol. The number of halogens is 1. The van der Waals surface area contributed by atoms with Gasteiger partial charge in [0.2, 0.25) is 0 Å². The minimum atomic E-state index is -2.59. The molecule has 0 amide bonds. The van der Waals surface area contributed by atoms with Gasteiger partial charge < -0.3 is 13.3 Å². The molecule has 1 aromatic carbocycles. The zero-order valence-electron chi connectivity index (χ0n) is 8.52. The van der Waals surface area contributed by atoms with E-state index < -0.39 is 8.80 Å². The molecule has 3 nitrogen and oxygen atoms in total. The van der Waals surface area contributed by atoms with Crippen molar-refractivity contribution in [2.75, 3.05) is 21.3 Å². The molecule has 1 aromatic rings. The summed E-state index contributed by atoms with van der Waals surface area (Å²) in [5.74, 6) is 0. The molecule has 0 unspecified atom stereocenters. The first-order chi connectivity index (χ1) is 6.29. The van der Waals surface area contributed by atoms with Gasteiger partial charge in [-0.3, -0.25) is 0 Å². The van der Waals surface area contributed by atoms with E-state index >= 15 is 0 Å². The van der Waals surface area contributed by atoms with Gasteiger partial charge in [-0.1, -0.05) is 30.3 Å². The van der Waals surface area contributed by atoms with Crippen LogP contribution in [0.1, 0.15) is 0 Å². The lowest BCUT2D eigenvalue weighted by Gasteiger charge is -2.24. The highest BCUT2D eigenvalue weighted by molar-refractivity contribution is 6.75. The van der Waals surface area contributed by atoms with Crippen molar-refractivity contribution in [3.8, 4) is 0 Å². The summed E-state index contributed by atoms with van der Waals surface area (Å²) in [5, 5.41) is 0.975. The van der Waals surface area contributed by atoms with Gasteiger partial charge in [0.25, 0.3) is 0 Å². The van der Waals surface area contributed by atoms with Crippen molar-refractivity contribution in [3.63, 3.8) is 0 Å². The van der Waals surface area contributed by atoms with Crippen LogP contribution >= 0.6 is 12.4 Å². The Morgan fingerprint density at radius 1 is 0.857 bits per heavy atom. The molecule has 0 bridgehead atoms. The van der Waals surface area contributed by atoms with E-state index in [1.807, 2.05) is 30.3 Å². The van der Waals surface area contributed by atoms with Crippen LogP contribution in [0.25, 0.3) is 0 Å². The highest BCUT2D eigenvalue weighted by Gasteiger charge is 2.40. The molecule has 0 aromatic heterocycles. The van der Waals surface area contributed by atoms with Crippen molar-refractivity contribution in [3.05, 3.63) is 30.3 Å². The van der Waals surface area contributed by atoms with Gasteiger partial charge in [0, 0.05) is 26.5 Å². The molecule has 0 fully saturated rings. The van der Waals surface area contributed by atoms with Crippen molar-refractivity contribution in [1.29, 1.82) is 0 Å². The molecule has 0 aliphatic rings. The van der Waals surface area contributed by atoms with Crippen molar-refractivity contribution in [2.24, 2.45) is 0 Å². The summed E-state index contributed by atoms with van der Waals surface area (Å²) >= 11 is 0. The number of hydrogen-bond acceptors (Lipinski definition) is 3. The highest BCUT2D eigenvalue weighted by atomic mass is 35.5. The van der Waals surface area contributed by atoms with Gasteiger partial charge in [-0.25, -0.2) is 0 Å². The fraction of sp³-hybridized carbons (Fsp3) is 0.333. The minimum absolute atomic E-state index is 0. The molecule has 0 N–H and O–H groups in total. The van der Waals surface area contributed by atoms with E-state index in [1.54, 1.807) is 21.3 Å². The Morgan fingerprint density at radius 2 is 1.29 bits per heavy atom. The number of hydrogen-bond donors (Lipinski definition) is 0. The van der Waals surface area contributed by atoms with Crippen LogP contribution in [0.3, 0.4) is 0 Å². The molecule has 80 valence electrons. The van der Waals surface area contributed by atoms with Crippen LogP contribution in [0.2, 0.25) is 0 Å². The maximum Gasteiger partial charge on any atom is 0.536 e. The third-order valence-electron chi connectivity index (χ3n) is 1.93. The largest absolute Gasteiger partial charge is 0.536 e. The first-order valence-electron chi connectivity index (χ1n) is 4.00. The van der Waals surface area contributed by atoms with Gasteiger partial charge in [0.1, 0.15) is 0 Å². The third kappa shape index (κ3) is 2.56. The molecule has 0 aliphatic carbocycles. The summed E-state index contributed by atoms with van der Waals surface area (Å²) in [4.78, 5) is 0. The van der Waals surface area contributed by atoms with Gasteiger partial charge in [0.15, 0.2) is 0 Å². The first-order valence-corrected chi connectivity index (χ1v) is 5.72. The fourth-order valence-corrected chi connectivity index (χ4v) is 3.05. The van der Waals surface area contributed by atoms with Crippen molar-refractivity contribution in [1.82, 2.24) is 0 Å². The van der Waals surface area contributed by atoms with Crippen molar-refractivity contribution < 1.29 is 13.3 Å². The molecule has 0 aliphatic heterocycles. The summed E-state index contributed by atoms with van der Waals surface area (Å²) in [6.07, 6.45) is 0. The predicted octanol–water partition coefficient (Wildman–Crippen LogP) is 1.19. The molecule has 0 saturated heterocycles. The molecular weight excluding hydrogens is 220 g/mol. The number of benzene rings is 1. The molecule has 0 radical (unpaired) electrons. The van der Waals surface area contributed by atoms with Crippen LogP contribution in [0.5, 0.6) is 0 Å². The van der Waals surface area contributed by atoms with Crippen LogP contribution in [-0.2, 0) is 13.3 Å². The Kier molecular flexibility index (Phi) is 5.99. The van der Waals surface area contributed by atoms with E-state index in [0.29, 0.717) is 0 Å². The zero-order chi connectivity index (χ0) is 9.73. The zero-order valence-corrected chi connectivity index (χ0v) is 10.3. The van der Waals surface area contributed by atoms with Gasteiger partial charge in [0.05, 0.1) is 0 Å². The summed E-state index contributed by atoms with van der Waals surface area (Å²) in [6.45, 7) is 0. The average molecular weight is 235 g/mol. The van der Waals surface area contributed by atoms with Crippen LogP contribution in [0.4, 0.5) is 0 Å². The molecule has 1 rings (SSSR count). The fourth-order valence-electron chi connectivity index (χ4n) is 1.25. The second kappa shape index (κ2) is 6.16. The number of rotatable bonds is 4. The standard InChI is InChI=1S/C9H14O3Si.ClH/c1-10-13(11-2,12-3)9-7-5-4-6-8-9;/h4-8H,1-3H3;1H. The van der Waals surface area contributed by atoms with Crippen LogP contribution in [0.15, 0.2) is 30.3 Å². The van der Waals surface area contributed by atoms with Crippen LogP contribution in [0, 0.1) is 0 Å². The van der Waals surface area contributed by atoms with Crippen LogP contribution < -0.4 is 5.19 Å². The first kappa shape index (κ1) is 13.6. The van der Waals surface area contributed by atoms with Gasteiger partial charge in [-0.15, -0.1) is 12.4 Å². The maximum atomic E-state index is 5.32. The Bertz CT molecular complexity index is 243. The molecule has 14 heavy (non-hydrogen) atoms. The smallest absolute Gasteiger partial charge is 0.373 e. The molecule has 0 atom stereocenters. The average Bonchev–Trinajstić information content (AvgIpc) is 2.23. The summed E-state index contributed by atoms with van der Waals surface area (Å²) < 4.78 is 16.0. The molecular formula is C9H15ClO3Si. The quantitative estimate of drug-likeness (QED) is 0.733. The molecule has 0 heterocycles. The van der Waals surface area contributed by atoms with Crippen molar-refractivity contribution in [2.45, 2.75) is 0 Å². The van der Waals surface area contributed by atoms with Crippen LogP contribution in [-0.4, -0.2) is 30.1 Å². The lowest BCUT2D eigenvalue weighted by atomic mass is 10.4. The minimum Gasteiger partial charge on any atom is -0.373 e.